The molecule has 0 amide bonds. The molecule has 116 valence electrons. The van der Waals surface area contributed by atoms with Crippen LogP contribution in [0.1, 0.15) is 43.0 Å². The zero-order valence-corrected chi connectivity index (χ0v) is 13.4. The average Bonchev–Trinajstić information content (AvgIpc) is 3.18. The fourth-order valence-electron chi connectivity index (χ4n) is 3.06. The van der Waals surface area contributed by atoms with Gasteiger partial charge in [0.1, 0.15) is 0 Å². The maximum atomic E-state index is 13.1. The molecule has 0 N–H and O–H groups in total. The summed E-state index contributed by atoms with van der Waals surface area (Å²) in [5, 5.41) is 4.64. The molecule has 1 aliphatic heterocycles. The number of anilines is 1. The zero-order valence-electron chi connectivity index (χ0n) is 12.6. The second kappa shape index (κ2) is 4.55. The highest BCUT2D eigenvalue weighted by Crippen LogP contribution is 2.41. The Morgan fingerprint density at radius 1 is 1.32 bits per heavy atom. The maximum absolute atomic E-state index is 13.1. The molecule has 0 radical (unpaired) electrons. The normalized spacial score (nSPS) is 21.2. The lowest BCUT2D eigenvalue weighted by molar-refractivity contribution is 0.571. The van der Waals surface area contributed by atoms with Crippen molar-refractivity contribution in [3.8, 4) is 0 Å². The van der Waals surface area contributed by atoms with E-state index >= 15 is 0 Å². The lowest BCUT2D eigenvalue weighted by atomic mass is 10.1. The van der Waals surface area contributed by atoms with Crippen LogP contribution in [0.5, 0.6) is 0 Å². The molecule has 4 rings (SSSR count). The third-order valence-electron chi connectivity index (χ3n) is 4.40. The van der Waals surface area contributed by atoms with Gasteiger partial charge in [0.15, 0.2) is 5.03 Å². The highest BCUT2D eigenvalue weighted by Gasteiger charge is 2.38. The molecule has 3 heterocycles. The van der Waals surface area contributed by atoms with E-state index in [1.54, 1.807) is 25.4 Å². The molecule has 1 fully saturated rings. The van der Waals surface area contributed by atoms with Crippen LogP contribution in [0.15, 0.2) is 29.4 Å². The molecule has 0 saturated heterocycles. The summed E-state index contributed by atoms with van der Waals surface area (Å²) in [7, 11) is -1.91. The maximum Gasteiger partial charge on any atom is 0.281 e. The van der Waals surface area contributed by atoms with E-state index in [2.05, 4.69) is 10.1 Å². The molecule has 1 unspecified atom stereocenters. The monoisotopic (exact) mass is 318 g/mol. The van der Waals surface area contributed by atoms with Crippen LogP contribution < -0.4 is 4.31 Å². The van der Waals surface area contributed by atoms with Crippen molar-refractivity contribution in [3.63, 3.8) is 0 Å². The summed E-state index contributed by atoms with van der Waals surface area (Å²) in [6.07, 6.45) is 3.91. The minimum Gasteiger partial charge on any atom is -0.263 e. The first-order valence-corrected chi connectivity index (χ1v) is 8.94. The summed E-state index contributed by atoms with van der Waals surface area (Å²) in [5.74, 6) is 0.531. The van der Waals surface area contributed by atoms with Crippen LogP contribution in [-0.4, -0.2) is 29.7 Å². The van der Waals surface area contributed by atoms with Crippen molar-refractivity contribution in [1.29, 1.82) is 0 Å². The molecular weight excluding hydrogens is 300 g/mol. The first kappa shape index (κ1) is 13.8. The Kier molecular flexibility index (Phi) is 2.84. The molecule has 6 nitrogen and oxygen atoms in total. The Labute approximate surface area is 129 Å². The molecule has 2 aromatic rings. The Bertz CT molecular complexity index is 839. The number of rotatable bonds is 3. The number of pyridine rings is 1. The minimum absolute atomic E-state index is 0.0992. The topological polar surface area (TPSA) is 68.1 Å². The quantitative estimate of drug-likeness (QED) is 0.868. The Hall–Kier alpha value is -1.89. The molecular formula is C15H18N4O2S. The van der Waals surface area contributed by atoms with Crippen molar-refractivity contribution in [1.82, 2.24) is 14.8 Å². The van der Waals surface area contributed by atoms with Gasteiger partial charge in [-0.2, -0.15) is 13.5 Å². The van der Waals surface area contributed by atoms with Gasteiger partial charge in [0, 0.05) is 37.7 Å². The molecule has 0 bridgehead atoms. The van der Waals surface area contributed by atoms with E-state index in [1.807, 2.05) is 13.0 Å². The van der Waals surface area contributed by atoms with Crippen molar-refractivity contribution >= 4 is 15.7 Å². The summed E-state index contributed by atoms with van der Waals surface area (Å²) in [4.78, 5) is 4.34. The van der Waals surface area contributed by atoms with Crippen LogP contribution >= 0.6 is 0 Å². The molecule has 0 aromatic carbocycles. The van der Waals surface area contributed by atoms with Gasteiger partial charge in [-0.1, -0.05) is 6.92 Å². The summed E-state index contributed by atoms with van der Waals surface area (Å²) < 4.78 is 29.1. The molecule has 1 atom stereocenters. The van der Waals surface area contributed by atoms with Gasteiger partial charge < -0.3 is 0 Å². The fraction of sp³-hybridized carbons (Fsp3) is 0.467. The molecule has 2 aromatic heterocycles. The number of aryl methyl sites for hydroxylation is 1. The fourth-order valence-corrected chi connectivity index (χ4v) is 4.77. The Morgan fingerprint density at radius 2 is 2.09 bits per heavy atom. The van der Waals surface area contributed by atoms with Gasteiger partial charge in [0.25, 0.3) is 10.0 Å². The number of nitrogens with zero attached hydrogens (tertiary/aromatic N) is 4. The second-order valence-corrected chi connectivity index (χ2v) is 7.96. The summed E-state index contributed by atoms with van der Waals surface area (Å²) in [6, 6.07) is 5.33. The van der Waals surface area contributed by atoms with Crippen LogP contribution in [-0.2, 0) is 17.1 Å². The zero-order chi connectivity index (χ0) is 15.5. The number of hydrogen-bond donors (Lipinski definition) is 0. The molecule has 22 heavy (non-hydrogen) atoms. The van der Waals surface area contributed by atoms with Crippen molar-refractivity contribution in [2.45, 2.75) is 36.6 Å². The Balaban J connectivity index is 1.79. The van der Waals surface area contributed by atoms with E-state index in [1.165, 1.54) is 8.99 Å². The van der Waals surface area contributed by atoms with E-state index in [0.717, 1.165) is 24.2 Å². The third kappa shape index (κ3) is 1.95. The van der Waals surface area contributed by atoms with E-state index in [4.69, 9.17) is 0 Å². The Morgan fingerprint density at radius 3 is 2.82 bits per heavy atom. The number of sulfonamides is 1. The number of fused-ring (bicyclic) bond motifs is 1. The largest absolute Gasteiger partial charge is 0.281 e. The van der Waals surface area contributed by atoms with Crippen molar-refractivity contribution in [2.75, 3.05) is 10.8 Å². The summed E-state index contributed by atoms with van der Waals surface area (Å²) in [5.41, 5.74) is 2.42. The van der Waals surface area contributed by atoms with Gasteiger partial charge in [-0.05, 0) is 25.0 Å². The third-order valence-corrected chi connectivity index (χ3v) is 6.23. The first-order chi connectivity index (χ1) is 10.5. The van der Waals surface area contributed by atoms with E-state index in [9.17, 15) is 8.42 Å². The van der Waals surface area contributed by atoms with Gasteiger partial charge in [-0.3, -0.25) is 14.0 Å². The van der Waals surface area contributed by atoms with Crippen molar-refractivity contribution < 1.29 is 8.42 Å². The summed E-state index contributed by atoms with van der Waals surface area (Å²) in [6.45, 7) is 2.43. The SMILES string of the molecule is CC1CN(S(=O)(=O)c2cc(C3CC3)nn2C)c2cccnc21. The van der Waals surface area contributed by atoms with Gasteiger partial charge >= 0.3 is 0 Å². The lowest BCUT2D eigenvalue weighted by Crippen LogP contribution is -2.31. The van der Waals surface area contributed by atoms with Crippen LogP contribution in [0.3, 0.4) is 0 Å². The molecule has 1 aliphatic carbocycles. The average molecular weight is 318 g/mol. The predicted molar refractivity (Wildman–Crippen MR) is 82.4 cm³/mol. The van der Waals surface area contributed by atoms with Crippen molar-refractivity contribution in [2.24, 2.45) is 7.05 Å². The summed E-state index contributed by atoms with van der Waals surface area (Å²) >= 11 is 0. The highest BCUT2D eigenvalue weighted by atomic mass is 32.2. The van der Waals surface area contributed by atoms with E-state index in [0.29, 0.717) is 18.2 Å². The molecule has 2 aliphatic rings. The molecule has 7 heteroatoms. The van der Waals surface area contributed by atoms with Crippen LogP contribution in [0.25, 0.3) is 0 Å². The van der Waals surface area contributed by atoms with Gasteiger partial charge in [0.2, 0.25) is 0 Å². The minimum atomic E-state index is -3.61. The predicted octanol–water partition coefficient (Wildman–Crippen LogP) is 2.00. The van der Waals surface area contributed by atoms with Gasteiger partial charge in [-0.25, -0.2) is 0 Å². The van der Waals surface area contributed by atoms with Gasteiger partial charge in [0.05, 0.1) is 17.1 Å². The standard InChI is InChI=1S/C15H18N4O2S/c1-10-9-19(13-4-3-7-16-15(10)13)22(20,21)14-8-12(11-5-6-11)17-18(14)2/h3-4,7-8,10-11H,5-6,9H2,1-2H3. The van der Waals surface area contributed by atoms with Crippen LogP contribution in [0.4, 0.5) is 5.69 Å². The van der Waals surface area contributed by atoms with Crippen molar-refractivity contribution in [3.05, 3.63) is 35.8 Å². The number of hydrogen-bond acceptors (Lipinski definition) is 4. The second-order valence-electron chi connectivity index (χ2n) is 6.15. The van der Waals surface area contributed by atoms with E-state index < -0.39 is 10.0 Å². The highest BCUT2D eigenvalue weighted by molar-refractivity contribution is 7.92. The van der Waals surface area contributed by atoms with Gasteiger partial charge in [-0.15, -0.1) is 0 Å². The van der Waals surface area contributed by atoms with E-state index in [-0.39, 0.29) is 10.9 Å². The first-order valence-electron chi connectivity index (χ1n) is 7.50. The molecule has 1 saturated carbocycles. The smallest absolute Gasteiger partial charge is 0.263 e. The number of aromatic nitrogens is 3. The molecule has 0 spiro atoms. The lowest BCUT2D eigenvalue weighted by Gasteiger charge is -2.19. The van der Waals surface area contributed by atoms with Crippen LogP contribution in [0.2, 0.25) is 0 Å². The van der Waals surface area contributed by atoms with Crippen LogP contribution in [0, 0.1) is 0 Å².